The molecule has 2 N–H and O–H groups in total. The summed E-state index contributed by atoms with van der Waals surface area (Å²) in [6.07, 6.45) is 1.33. The molecule has 138 valence electrons. The Bertz CT molecular complexity index is 742. The van der Waals surface area contributed by atoms with Crippen LogP contribution in [0.15, 0.2) is 47.8 Å². The van der Waals surface area contributed by atoms with Gasteiger partial charge in [0, 0.05) is 12.6 Å². The van der Waals surface area contributed by atoms with Crippen molar-refractivity contribution in [1.82, 2.24) is 4.98 Å². The predicted octanol–water partition coefficient (Wildman–Crippen LogP) is 2.06. The van der Waals surface area contributed by atoms with Gasteiger partial charge in [-0.2, -0.15) is 0 Å². The normalized spacial score (nSPS) is 12.5. The highest BCUT2D eigenvalue weighted by Gasteiger charge is 2.13. The highest BCUT2D eigenvalue weighted by Crippen LogP contribution is 2.14. The van der Waals surface area contributed by atoms with Crippen LogP contribution in [0.1, 0.15) is 23.7 Å². The predicted molar refractivity (Wildman–Crippen MR) is 96.4 cm³/mol. The topological polar surface area (TPSA) is 101 Å². The van der Waals surface area contributed by atoms with E-state index < -0.39 is 12.1 Å². The van der Waals surface area contributed by atoms with Crippen LogP contribution >= 0.6 is 0 Å². The van der Waals surface area contributed by atoms with E-state index in [4.69, 9.17) is 14.7 Å². The van der Waals surface area contributed by atoms with Crippen LogP contribution < -0.4 is 4.74 Å². The molecule has 1 heterocycles. The maximum atomic E-state index is 10.7. The largest absolute Gasteiger partial charge is 0.487 e. The quantitative estimate of drug-likeness (QED) is 0.526. The van der Waals surface area contributed by atoms with Gasteiger partial charge in [-0.15, -0.1) is 0 Å². The number of carbonyl (C=O) groups is 1. The summed E-state index contributed by atoms with van der Waals surface area (Å²) >= 11 is 0. The number of aliphatic carboxylic acids is 1. The Morgan fingerprint density at radius 2 is 1.88 bits per heavy atom. The molecule has 1 atom stereocenters. The molecule has 2 rings (SSSR count). The average molecular weight is 358 g/mol. The Kier molecular flexibility index (Phi) is 7.11. The second-order valence-corrected chi connectivity index (χ2v) is 5.62. The van der Waals surface area contributed by atoms with Gasteiger partial charge in [-0.3, -0.25) is 4.98 Å². The van der Waals surface area contributed by atoms with Crippen LogP contribution in [-0.2, 0) is 22.5 Å². The SMILES string of the molecule is CCc1ccc(/C(COc2ccc(C[C@@H](O)C(=O)O)cc2)=N/OC)nc1. The number of carboxylic acids is 1. The van der Waals surface area contributed by atoms with E-state index in [1.807, 2.05) is 12.1 Å². The number of benzene rings is 1. The van der Waals surface area contributed by atoms with Crippen LogP contribution in [0.4, 0.5) is 0 Å². The monoisotopic (exact) mass is 358 g/mol. The average Bonchev–Trinajstić information content (AvgIpc) is 2.66. The van der Waals surface area contributed by atoms with Gasteiger partial charge in [0.1, 0.15) is 25.2 Å². The van der Waals surface area contributed by atoms with Crippen molar-refractivity contribution in [2.24, 2.45) is 5.16 Å². The number of aliphatic hydroxyl groups excluding tert-OH is 1. The molecule has 7 heteroatoms. The first-order valence-electron chi connectivity index (χ1n) is 8.21. The smallest absolute Gasteiger partial charge is 0.332 e. The first-order valence-corrected chi connectivity index (χ1v) is 8.21. The molecule has 0 saturated carbocycles. The minimum absolute atomic E-state index is 0.0414. The fourth-order valence-electron chi connectivity index (χ4n) is 2.25. The molecule has 2 aromatic rings. The van der Waals surface area contributed by atoms with Gasteiger partial charge in [0.2, 0.25) is 0 Å². The fraction of sp³-hybridized carbons (Fsp3) is 0.316. The van der Waals surface area contributed by atoms with E-state index in [-0.39, 0.29) is 13.0 Å². The molecule has 0 aliphatic heterocycles. The molecule has 1 aromatic carbocycles. The summed E-state index contributed by atoms with van der Waals surface area (Å²) in [6.45, 7) is 2.23. The minimum atomic E-state index is -1.42. The second-order valence-electron chi connectivity index (χ2n) is 5.62. The summed E-state index contributed by atoms with van der Waals surface area (Å²) in [5, 5.41) is 22.1. The van der Waals surface area contributed by atoms with Crippen molar-refractivity contribution >= 4 is 11.7 Å². The van der Waals surface area contributed by atoms with Crippen molar-refractivity contribution in [1.29, 1.82) is 0 Å². The molecule has 0 bridgehead atoms. The third-order valence-corrected chi connectivity index (χ3v) is 3.74. The summed E-state index contributed by atoms with van der Waals surface area (Å²) in [5.74, 6) is -0.653. The maximum absolute atomic E-state index is 10.7. The van der Waals surface area contributed by atoms with E-state index in [9.17, 15) is 9.90 Å². The summed E-state index contributed by atoms with van der Waals surface area (Å²) < 4.78 is 5.71. The number of aryl methyl sites for hydroxylation is 1. The van der Waals surface area contributed by atoms with Gasteiger partial charge < -0.3 is 19.8 Å². The van der Waals surface area contributed by atoms with Gasteiger partial charge in [-0.1, -0.05) is 30.3 Å². The van der Waals surface area contributed by atoms with Crippen LogP contribution in [0.25, 0.3) is 0 Å². The number of pyridine rings is 1. The van der Waals surface area contributed by atoms with Gasteiger partial charge in [0.15, 0.2) is 6.10 Å². The van der Waals surface area contributed by atoms with Crippen LogP contribution in [0.5, 0.6) is 5.75 Å². The standard InChI is InChI=1S/C19H22N2O5/c1-3-13-6-9-16(20-11-13)17(21-25-2)12-26-15-7-4-14(5-8-15)10-18(22)19(23)24/h4-9,11,18,22H,3,10,12H2,1-2H3,(H,23,24)/b21-17+/t18-/m1/s1. The summed E-state index contributed by atoms with van der Waals surface area (Å²) in [4.78, 5) is 19.9. The first-order chi connectivity index (χ1) is 12.5. The van der Waals surface area contributed by atoms with E-state index in [2.05, 4.69) is 17.1 Å². The van der Waals surface area contributed by atoms with E-state index >= 15 is 0 Å². The van der Waals surface area contributed by atoms with E-state index in [0.29, 0.717) is 22.7 Å². The van der Waals surface area contributed by atoms with Crippen molar-refractivity contribution in [2.75, 3.05) is 13.7 Å². The molecule has 0 radical (unpaired) electrons. The number of aromatic nitrogens is 1. The molecule has 0 amide bonds. The Labute approximate surface area is 151 Å². The number of hydrogen-bond donors (Lipinski definition) is 2. The van der Waals surface area contributed by atoms with E-state index in [1.165, 1.54) is 7.11 Å². The molecular weight excluding hydrogens is 336 g/mol. The lowest BCUT2D eigenvalue weighted by Crippen LogP contribution is -2.21. The molecule has 0 aliphatic carbocycles. The lowest BCUT2D eigenvalue weighted by atomic mass is 10.1. The third kappa shape index (κ3) is 5.56. The van der Waals surface area contributed by atoms with Crippen LogP contribution in [0, 0.1) is 0 Å². The van der Waals surface area contributed by atoms with Crippen molar-refractivity contribution < 1.29 is 24.6 Å². The molecule has 0 fully saturated rings. The number of nitrogens with zero attached hydrogens (tertiary/aromatic N) is 2. The number of ether oxygens (including phenoxy) is 1. The number of aliphatic hydroxyl groups is 1. The highest BCUT2D eigenvalue weighted by atomic mass is 16.6. The molecule has 1 aromatic heterocycles. The minimum Gasteiger partial charge on any atom is -0.487 e. The van der Waals surface area contributed by atoms with Gasteiger partial charge in [-0.05, 0) is 35.7 Å². The molecule has 7 nitrogen and oxygen atoms in total. The zero-order chi connectivity index (χ0) is 18.9. The molecule has 0 aliphatic rings. The van der Waals surface area contributed by atoms with Gasteiger partial charge in [0.25, 0.3) is 0 Å². The Morgan fingerprint density at radius 3 is 2.42 bits per heavy atom. The second kappa shape index (κ2) is 9.53. The molecule has 26 heavy (non-hydrogen) atoms. The van der Waals surface area contributed by atoms with E-state index in [1.54, 1.807) is 30.5 Å². The van der Waals surface area contributed by atoms with Crippen LogP contribution in [-0.4, -0.2) is 46.7 Å². The lowest BCUT2D eigenvalue weighted by Gasteiger charge is -2.10. The molecule has 0 unspecified atom stereocenters. The highest BCUT2D eigenvalue weighted by molar-refractivity contribution is 5.99. The Hall–Kier alpha value is -2.93. The summed E-state index contributed by atoms with van der Waals surface area (Å²) in [7, 11) is 1.46. The van der Waals surface area contributed by atoms with Gasteiger partial charge in [-0.25, -0.2) is 4.79 Å². The third-order valence-electron chi connectivity index (χ3n) is 3.74. The number of hydrogen-bond acceptors (Lipinski definition) is 6. The molecule has 0 spiro atoms. The Morgan fingerprint density at radius 1 is 1.19 bits per heavy atom. The zero-order valence-electron chi connectivity index (χ0n) is 14.8. The number of carboxylic acid groups (broad SMARTS) is 1. The van der Waals surface area contributed by atoms with Crippen molar-refractivity contribution in [3.8, 4) is 5.75 Å². The zero-order valence-corrected chi connectivity index (χ0v) is 14.8. The summed E-state index contributed by atoms with van der Waals surface area (Å²) in [6, 6.07) is 10.7. The van der Waals surface area contributed by atoms with Crippen molar-refractivity contribution in [2.45, 2.75) is 25.9 Å². The summed E-state index contributed by atoms with van der Waals surface area (Å²) in [5.41, 5.74) is 3.06. The molecule has 0 saturated heterocycles. The van der Waals surface area contributed by atoms with Gasteiger partial charge in [0.05, 0.1) is 5.69 Å². The number of rotatable bonds is 9. The van der Waals surface area contributed by atoms with Crippen molar-refractivity contribution in [3.63, 3.8) is 0 Å². The maximum Gasteiger partial charge on any atom is 0.332 e. The molecular formula is C19H22N2O5. The fourth-order valence-corrected chi connectivity index (χ4v) is 2.25. The Balaban J connectivity index is 2.00. The van der Waals surface area contributed by atoms with Crippen LogP contribution in [0.3, 0.4) is 0 Å². The number of oxime groups is 1. The van der Waals surface area contributed by atoms with Crippen LogP contribution in [0.2, 0.25) is 0 Å². The van der Waals surface area contributed by atoms with Gasteiger partial charge >= 0.3 is 5.97 Å². The van der Waals surface area contributed by atoms with Crippen molar-refractivity contribution in [3.05, 3.63) is 59.4 Å². The first kappa shape index (κ1) is 19.4. The lowest BCUT2D eigenvalue weighted by molar-refractivity contribution is -0.146. The van der Waals surface area contributed by atoms with E-state index in [0.717, 1.165) is 12.0 Å².